The summed E-state index contributed by atoms with van der Waals surface area (Å²) in [6.45, 7) is 5.40. The van der Waals surface area contributed by atoms with E-state index in [0.717, 1.165) is 42.4 Å². The molecule has 128 valence electrons. The summed E-state index contributed by atoms with van der Waals surface area (Å²) >= 11 is 1.79. The Morgan fingerprint density at radius 3 is 2.67 bits per heavy atom. The minimum absolute atomic E-state index is 0.116. The van der Waals surface area contributed by atoms with Crippen LogP contribution in [0.4, 0.5) is 0 Å². The van der Waals surface area contributed by atoms with Crippen LogP contribution in [0.5, 0.6) is 0 Å². The first-order chi connectivity index (χ1) is 11.6. The number of amides is 1. The van der Waals surface area contributed by atoms with Gasteiger partial charge in [0.2, 0.25) is 0 Å². The van der Waals surface area contributed by atoms with Crippen LogP contribution in [0, 0.1) is 13.8 Å². The Kier molecular flexibility index (Phi) is 5.23. The molecule has 5 nitrogen and oxygen atoms in total. The van der Waals surface area contributed by atoms with Crippen LogP contribution < -0.4 is 0 Å². The molecule has 1 aromatic heterocycles. The summed E-state index contributed by atoms with van der Waals surface area (Å²) in [7, 11) is 0. The molecule has 0 bridgehead atoms. The SMILES string of the molecule is CSCc1ccc(C(=O)N2CCC[C@@H](n3nc(C)nc3C)C2)cc1. The van der Waals surface area contributed by atoms with E-state index < -0.39 is 0 Å². The molecule has 0 unspecified atom stereocenters. The van der Waals surface area contributed by atoms with Gasteiger partial charge in [0.25, 0.3) is 5.91 Å². The first kappa shape index (κ1) is 17.0. The molecule has 0 saturated carbocycles. The number of benzene rings is 1. The van der Waals surface area contributed by atoms with E-state index in [2.05, 4.69) is 28.5 Å². The lowest BCUT2D eigenvalue weighted by Gasteiger charge is -2.33. The van der Waals surface area contributed by atoms with Crippen molar-refractivity contribution in [3.8, 4) is 0 Å². The molecule has 1 fully saturated rings. The van der Waals surface area contributed by atoms with Crippen LogP contribution in [0.15, 0.2) is 24.3 Å². The van der Waals surface area contributed by atoms with Gasteiger partial charge in [-0.05, 0) is 50.6 Å². The van der Waals surface area contributed by atoms with Gasteiger partial charge < -0.3 is 4.90 Å². The van der Waals surface area contributed by atoms with E-state index in [9.17, 15) is 4.79 Å². The molecule has 0 spiro atoms. The Hall–Kier alpha value is -1.82. The summed E-state index contributed by atoms with van der Waals surface area (Å²) in [5.74, 6) is 2.81. The zero-order valence-corrected chi connectivity index (χ0v) is 15.3. The van der Waals surface area contributed by atoms with Crippen molar-refractivity contribution in [2.24, 2.45) is 0 Å². The molecule has 3 rings (SSSR count). The molecule has 1 aliphatic rings. The third kappa shape index (κ3) is 3.64. The van der Waals surface area contributed by atoms with Crippen molar-refractivity contribution in [2.45, 2.75) is 38.5 Å². The first-order valence-electron chi connectivity index (χ1n) is 8.35. The first-order valence-corrected chi connectivity index (χ1v) is 9.75. The summed E-state index contributed by atoms with van der Waals surface area (Å²) in [4.78, 5) is 19.2. The van der Waals surface area contributed by atoms with E-state index in [4.69, 9.17) is 0 Å². The van der Waals surface area contributed by atoms with Gasteiger partial charge in [-0.15, -0.1) is 0 Å². The smallest absolute Gasteiger partial charge is 0.253 e. The molecule has 1 atom stereocenters. The normalized spacial score (nSPS) is 18.0. The fraction of sp³-hybridized carbons (Fsp3) is 0.500. The number of likely N-dealkylation sites (tertiary alicyclic amines) is 1. The lowest BCUT2D eigenvalue weighted by atomic mass is 10.0. The topological polar surface area (TPSA) is 51.0 Å². The Labute approximate surface area is 147 Å². The van der Waals surface area contributed by atoms with Gasteiger partial charge in [0.15, 0.2) is 0 Å². The Bertz CT molecular complexity index is 710. The highest BCUT2D eigenvalue weighted by Crippen LogP contribution is 2.23. The molecule has 2 aromatic rings. The quantitative estimate of drug-likeness (QED) is 0.854. The van der Waals surface area contributed by atoms with Crippen LogP contribution in [-0.2, 0) is 5.75 Å². The van der Waals surface area contributed by atoms with Gasteiger partial charge in [-0.3, -0.25) is 4.79 Å². The number of aromatic nitrogens is 3. The van der Waals surface area contributed by atoms with Gasteiger partial charge in [-0.2, -0.15) is 16.9 Å². The maximum Gasteiger partial charge on any atom is 0.253 e. The monoisotopic (exact) mass is 344 g/mol. The highest BCUT2D eigenvalue weighted by atomic mass is 32.2. The van der Waals surface area contributed by atoms with Crippen LogP contribution in [0.25, 0.3) is 0 Å². The van der Waals surface area contributed by atoms with Crippen molar-refractivity contribution in [2.75, 3.05) is 19.3 Å². The van der Waals surface area contributed by atoms with Gasteiger partial charge in [0.05, 0.1) is 6.04 Å². The zero-order valence-electron chi connectivity index (χ0n) is 14.5. The number of aryl methyl sites for hydroxylation is 2. The molecule has 1 aliphatic heterocycles. The van der Waals surface area contributed by atoms with Gasteiger partial charge in [0.1, 0.15) is 11.6 Å². The molecule has 1 saturated heterocycles. The van der Waals surface area contributed by atoms with Crippen molar-refractivity contribution in [3.05, 3.63) is 47.0 Å². The zero-order chi connectivity index (χ0) is 17.1. The third-order valence-corrected chi connectivity index (χ3v) is 5.07. The van der Waals surface area contributed by atoms with Crippen LogP contribution in [0.3, 0.4) is 0 Å². The maximum atomic E-state index is 12.8. The molecule has 0 aliphatic carbocycles. The van der Waals surface area contributed by atoms with Crippen molar-refractivity contribution < 1.29 is 4.79 Å². The van der Waals surface area contributed by atoms with Crippen molar-refractivity contribution in [1.29, 1.82) is 0 Å². The molecule has 2 heterocycles. The van der Waals surface area contributed by atoms with Crippen LogP contribution in [-0.4, -0.2) is 44.9 Å². The summed E-state index contributed by atoms with van der Waals surface area (Å²) in [5.41, 5.74) is 2.02. The van der Waals surface area contributed by atoms with Crippen molar-refractivity contribution in [1.82, 2.24) is 19.7 Å². The van der Waals surface area contributed by atoms with Crippen LogP contribution in [0.2, 0.25) is 0 Å². The van der Waals surface area contributed by atoms with Crippen LogP contribution >= 0.6 is 11.8 Å². The second-order valence-electron chi connectivity index (χ2n) is 6.33. The summed E-state index contributed by atoms with van der Waals surface area (Å²) < 4.78 is 1.98. The molecule has 6 heteroatoms. The van der Waals surface area contributed by atoms with Crippen molar-refractivity contribution in [3.63, 3.8) is 0 Å². The Morgan fingerprint density at radius 2 is 2.04 bits per heavy atom. The molecule has 24 heavy (non-hydrogen) atoms. The fourth-order valence-corrected chi connectivity index (χ4v) is 3.84. The lowest BCUT2D eigenvalue weighted by molar-refractivity contribution is 0.0671. The average Bonchev–Trinajstić information content (AvgIpc) is 2.94. The standard InChI is InChI=1S/C18H24N4OS/c1-13-19-14(2)22(20-13)17-5-4-10-21(11-17)18(23)16-8-6-15(7-9-16)12-24-3/h6-9,17H,4-5,10-12H2,1-3H3/t17-/m1/s1. The van der Waals surface area contributed by atoms with Crippen molar-refractivity contribution >= 4 is 17.7 Å². The second-order valence-corrected chi connectivity index (χ2v) is 7.19. The highest BCUT2D eigenvalue weighted by molar-refractivity contribution is 7.97. The van der Waals surface area contributed by atoms with Gasteiger partial charge >= 0.3 is 0 Å². The van der Waals surface area contributed by atoms with E-state index in [1.807, 2.05) is 35.6 Å². The number of thioether (sulfide) groups is 1. The molecule has 0 radical (unpaired) electrons. The number of hydrogen-bond acceptors (Lipinski definition) is 4. The third-order valence-electron chi connectivity index (χ3n) is 4.45. The van der Waals surface area contributed by atoms with E-state index in [0.29, 0.717) is 6.54 Å². The molecule has 1 amide bonds. The number of hydrogen-bond donors (Lipinski definition) is 0. The average molecular weight is 344 g/mol. The number of nitrogens with zero attached hydrogens (tertiary/aromatic N) is 4. The van der Waals surface area contributed by atoms with Gasteiger partial charge in [-0.25, -0.2) is 9.67 Å². The van der Waals surface area contributed by atoms with E-state index in [-0.39, 0.29) is 11.9 Å². The summed E-state index contributed by atoms with van der Waals surface area (Å²) in [6.07, 6.45) is 4.13. The second kappa shape index (κ2) is 7.38. The molecule has 1 aromatic carbocycles. The van der Waals surface area contributed by atoms with Gasteiger partial charge in [-0.1, -0.05) is 12.1 Å². The minimum Gasteiger partial charge on any atom is -0.337 e. The van der Waals surface area contributed by atoms with Gasteiger partial charge in [0, 0.05) is 24.4 Å². The fourth-order valence-electron chi connectivity index (χ4n) is 3.31. The van der Waals surface area contributed by atoms with E-state index in [1.54, 1.807) is 11.8 Å². The number of rotatable bonds is 4. The number of carbonyl (C=O) groups is 1. The Balaban J connectivity index is 1.72. The molecule has 0 N–H and O–H groups in total. The predicted molar refractivity (Wildman–Crippen MR) is 97.3 cm³/mol. The largest absolute Gasteiger partial charge is 0.337 e. The van der Waals surface area contributed by atoms with E-state index in [1.165, 1.54) is 5.56 Å². The number of carbonyl (C=O) groups excluding carboxylic acids is 1. The highest BCUT2D eigenvalue weighted by Gasteiger charge is 2.27. The lowest BCUT2D eigenvalue weighted by Crippen LogP contribution is -2.41. The van der Waals surface area contributed by atoms with E-state index >= 15 is 0 Å². The minimum atomic E-state index is 0.116. The molecular formula is C18H24N4OS. The summed E-state index contributed by atoms with van der Waals surface area (Å²) in [6, 6.07) is 8.22. The summed E-state index contributed by atoms with van der Waals surface area (Å²) in [5, 5.41) is 4.50. The van der Waals surface area contributed by atoms with Crippen LogP contribution in [0.1, 0.15) is 46.5 Å². The molecular weight excluding hydrogens is 320 g/mol. The predicted octanol–water partition coefficient (Wildman–Crippen LogP) is 3.24. The maximum absolute atomic E-state index is 12.8. The number of piperidine rings is 1. The Morgan fingerprint density at radius 1 is 1.29 bits per heavy atom.